The number of carbonyl (C=O) groups excluding carboxylic acids is 5. The number of benzene rings is 6. The van der Waals surface area contributed by atoms with Gasteiger partial charge in [-0.25, -0.2) is 46.7 Å². The summed E-state index contributed by atoms with van der Waals surface area (Å²) in [6.45, 7) is 9.02. The maximum atomic E-state index is 13.9. The van der Waals surface area contributed by atoms with E-state index in [1.54, 1.807) is 54.2 Å². The molecule has 0 aliphatic carbocycles. The van der Waals surface area contributed by atoms with Crippen molar-refractivity contribution in [2.45, 2.75) is 116 Å². The van der Waals surface area contributed by atoms with Gasteiger partial charge in [0, 0.05) is 75.1 Å². The summed E-state index contributed by atoms with van der Waals surface area (Å²) in [5, 5.41) is 48.7. The fourth-order valence-corrected chi connectivity index (χ4v) is 12.9. The molecule has 26 nitrogen and oxygen atoms in total. The lowest BCUT2D eigenvalue weighted by atomic mass is 9.90. The number of aliphatic carboxylic acids is 1. The van der Waals surface area contributed by atoms with Crippen LogP contribution in [0.25, 0.3) is 21.5 Å². The molecule has 0 unspecified atom stereocenters. The molecular weight excluding hydrogens is 1330 g/mol. The van der Waals surface area contributed by atoms with Crippen molar-refractivity contribution >= 4 is 76.9 Å². The Morgan fingerprint density at radius 3 is 1.33 bits per heavy atom. The highest BCUT2D eigenvalue weighted by atomic mass is 32.2. The number of methoxy groups -OCH3 is 1. The number of nitriles is 2. The van der Waals surface area contributed by atoms with E-state index in [1.165, 1.54) is 0 Å². The molecule has 534 valence electrons. The number of aromatic nitrogens is 4. The Labute approximate surface area is 588 Å². The number of hydrogen-bond donors (Lipinski definition) is 7. The van der Waals surface area contributed by atoms with E-state index in [2.05, 4.69) is 32.7 Å². The normalized spacial score (nSPS) is 14.0. The molecule has 2 heterocycles. The first-order valence-electron chi connectivity index (χ1n) is 32.9. The predicted molar refractivity (Wildman–Crippen MR) is 382 cm³/mol. The second kappa shape index (κ2) is 35.9. The molecule has 28 heteroatoms. The Bertz CT molecular complexity index is 4520. The lowest BCUT2D eigenvalue weighted by Crippen LogP contribution is -2.60. The molecule has 6 aromatic carbocycles. The summed E-state index contributed by atoms with van der Waals surface area (Å²) in [6.07, 6.45) is 6.81. The molecule has 0 radical (unpaired) electrons. The van der Waals surface area contributed by atoms with Crippen molar-refractivity contribution in [1.29, 1.82) is 10.5 Å². The smallest absolute Gasteiger partial charge is 0.333 e. The van der Waals surface area contributed by atoms with E-state index >= 15 is 0 Å². The lowest BCUT2D eigenvalue weighted by molar-refractivity contribution is -0.152. The zero-order valence-electron chi connectivity index (χ0n) is 57.3. The van der Waals surface area contributed by atoms with Crippen LogP contribution < -0.4 is 32.4 Å². The number of sulfonamides is 2. The molecule has 0 spiro atoms. The van der Waals surface area contributed by atoms with Crippen LogP contribution in [-0.2, 0) is 92.6 Å². The van der Waals surface area contributed by atoms with Gasteiger partial charge in [0.2, 0.25) is 31.9 Å². The molecule has 101 heavy (non-hydrogen) atoms. The molecule has 8 aromatic rings. The van der Waals surface area contributed by atoms with Gasteiger partial charge < -0.3 is 41.1 Å². The van der Waals surface area contributed by atoms with Crippen LogP contribution in [0.15, 0.2) is 159 Å². The first-order valence-corrected chi connectivity index (χ1v) is 36.3. The highest BCUT2D eigenvalue weighted by Crippen LogP contribution is 2.26. The van der Waals surface area contributed by atoms with Crippen LogP contribution in [0.2, 0.25) is 0 Å². The van der Waals surface area contributed by atoms with Gasteiger partial charge in [0.05, 0.1) is 80.5 Å². The SMILES string of the molecule is CC[C@H](C)[C@@H](CN(CC(=O)[C@@](N)(CCS(N)(=O)=O)C(=O)O)Cc1cccc2ccccc12)NC(=O)Cc1cncn1Cc1ccc(C#N)cc1.CC[C@H](C)[C@@H](CN(CC(=O)[C@@](N)(CCS(N)(=O)=O)C(=O)OC)Cc1cccc2ccccc12)NC(=O)Cc1cncn1Cc1ccc(C#N)cc1. The average Bonchev–Trinajstić information content (AvgIpc) is 1.43. The van der Waals surface area contributed by atoms with Crippen molar-refractivity contribution in [1.82, 2.24) is 39.5 Å². The van der Waals surface area contributed by atoms with Crippen molar-refractivity contribution in [3.63, 3.8) is 0 Å². The number of fused-ring (bicyclic) bond motifs is 2. The van der Waals surface area contributed by atoms with Gasteiger partial charge in [0.15, 0.2) is 22.6 Å². The molecule has 0 aliphatic rings. The molecule has 0 aliphatic heterocycles. The second-order valence-corrected chi connectivity index (χ2v) is 29.0. The number of primary sulfonamides is 2. The summed E-state index contributed by atoms with van der Waals surface area (Å²) < 4.78 is 55.5. The number of nitrogens with zero attached hydrogens (tertiary/aromatic N) is 8. The molecule has 2 amide bonds. The minimum absolute atomic E-state index is 0.0201. The molecule has 2 aromatic heterocycles. The van der Waals surface area contributed by atoms with Gasteiger partial charge in [0.25, 0.3) is 0 Å². The summed E-state index contributed by atoms with van der Waals surface area (Å²) in [5.41, 5.74) is 13.8. The minimum Gasteiger partial charge on any atom is -0.480 e. The van der Waals surface area contributed by atoms with Gasteiger partial charge in [0.1, 0.15) is 0 Å². The number of esters is 1. The van der Waals surface area contributed by atoms with Gasteiger partial charge in [-0.05, 0) is 92.7 Å². The molecule has 8 rings (SSSR count). The van der Waals surface area contributed by atoms with Gasteiger partial charge in [-0.2, -0.15) is 10.5 Å². The van der Waals surface area contributed by atoms with Gasteiger partial charge >= 0.3 is 11.9 Å². The highest BCUT2D eigenvalue weighted by Gasteiger charge is 2.45. The van der Waals surface area contributed by atoms with Crippen molar-refractivity contribution < 1.29 is 55.4 Å². The Balaban J connectivity index is 0.000000283. The summed E-state index contributed by atoms with van der Waals surface area (Å²) in [6, 6.07) is 44.9. The Morgan fingerprint density at radius 2 is 0.960 bits per heavy atom. The quantitative estimate of drug-likeness (QED) is 0.0196. The number of carboxylic acid groups (broad SMARTS) is 1. The number of ketones is 2. The summed E-state index contributed by atoms with van der Waals surface area (Å²) >= 11 is 0. The zero-order valence-corrected chi connectivity index (χ0v) is 58.9. The number of carbonyl (C=O) groups is 6. The zero-order chi connectivity index (χ0) is 73.7. The number of hydrogen-bond acceptors (Lipinski definition) is 19. The van der Waals surface area contributed by atoms with Gasteiger partial charge in [-0.1, -0.05) is 150 Å². The second-order valence-electron chi connectivity index (χ2n) is 25.6. The molecule has 0 saturated carbocycles. The summed E-state index contributed by atoms with van der Waals surface area (Å²) in [7, 11) is -7.06. The molecule has 11 N–H and O–H groups in total. The Kier molecular flexibility index (Phi) is 27.9. The number of imidazole rings is 2. The topological polar surface area (TPSA) is 418 Å². The van der Waals surface area contributed by atoms with E-state index < -0.39 is 97.6 Å². The van der Waals surface area contributed by atoms with E-state index in [-0.39, 0.29) is 69.2 Å². The third kappa shape index (κ3) is 22.6. The number of nitrogens with one attached hydrogen (secondary N) is 2. The number of carboxylic acids is 1. The van der Waals surface area contributed by atoms with E-state index in [0.717, 1.165) is 57.3 Å². The maximum absolute atomic E-state index is 13.9. The van der Waals surface area contributed by atoms with Crippen LogP contribution >= 0.6 is 0 Å². The Morgan fingerprint density at radius 1 is 0.584 bits per heavy atom. The van der Waals surface area contributed by atoms with E-state index in [1.807, 2.05) is 151 Å². The van der Waals surface area contributed by atoms with E-state index in [4.69, 9.17) is 37.0 Å². The van der Waals surface area contributed by atoms with Crippen LogP contribution in [-0.4, -0.2) is 154 Å². The van der Waals surface area contributed by atoms with Gasteiger partial charge in [-0.15, -0.1) is 0 Å². The lowest BCUT2D eigenvalue weighted by Gasteiger charge is -2.33. The largest absolute Gasteiger partial charge is 0.480 e. The van der Waals surface area contributed by atoms with Crippen LogP contribution in [0.5, 0.6) is 0 Å². The third-order valence-corrected chi connectivity index (χ3v) is 19.7. The monoisotopic (exact) mass is 1420 g/mol. The molecule has 6 atom stereocenters. The fraction of sp³-hybridized carbons (Fsp3) is 0.370. The minimum atomic E-state index is -4.09. The third-order valence-electron chi connectivity index (χ3n) is 18.2. The standard InChI is InChI=1S/C37H45N7O6S.C36H43N7O6S/c1-4-26(2)33(42-35(46)18-31-20-41-25-44(31)21-28-14-12-27(19-38)13-15-28)23-43(22-30-10-7-9-29-8-5-6-11-32(29)30)24-34(45)37(39,36(47)50-3)16-17-51(40,48)49;1-3-25(2)32(41-34(45)17-30-19-40-24-43(30)20-27-13-11-26(18-37)12-14-27)22-42(21-29-9-6-8-28-7-4-5-10-31(28)29)23-33(44)36(38,35(46)47)15-16-50(39,48)49/h5-15,20,25-26,33H,4,16-18,21-24,39H2,1-3H3,(H,42,46)(H2,40,48,49);4-14,19,24-25,32H,3,15-17,20-23,38H2,1-2H3,(H,41,45)(H,46,47)(H2,39,48,49)/t26-,33+,37-;25-,32+,36-/m00/s1. The van der Waals surface area contributed by atoms with E-state index in [0.29, 0.717) is 42.0 Å². The Hall–Kier alpha value is -9.88. The fourth-order valence-electron chi connectivity index (χ4n) is 11.7. The number of Topliss-reactive ketones (excluding diaryl/α,β-unsaturated/α-hetero) is 2. The maximum Gasteiger partial charge on any atom is 0.333 e. The summed E-state index contributed by atoms with van der Waals surface area (Å²) in [4.78, 5) is 91.9. The predicted octanol–water partition coefficient (Wildman–Crippen LogP) is 5.21. The van der Waals surface area contributed by atoms with Crippen molar-refractivity contribution in [3.05, 3.63) is 203 Å². The van der Waals surface area contributed by atoms with E-state index in [9.17, 15) is 50.7 Å². The number of ether oxygens (including phenoxy) is 1. The highest BCUT2D eigenvalue weighted by molar-refractivity contribution is 7.89. The summed E-state index contributed by atoms with van der Waals surface area (Å²) in [5.74, 6) is -6.38. The first-order chi connectivity index (χ1) is 48.0. The van der Waals surface area contributed by atoms with Crippen molar-refractivity contribution in [2.75, 3.05) is 44.8 Å². The number of nitrogens with two attached hydrogens (primary N) is 4. The molecular formula is C73H88N14O12S2. The van der Waals surface area contributed by atoms with Crippen LogP contribution in [0, 0.1) is 34.5 Å². The molecule has 0 fully saturated rings. The first kappa shape index (κ1) is 78.5. The number of amides is 2. The van der Waals surface area contributed by atoms with Crippen LogP contribution in [0.4, 0.5) is 0 Å². The van der Waals surface area contributed by atoms with Gasteiger partial charge in [-0.3, -0.25) is 29.0 Å². The van der Waals surface area contributed by atoms with Crippen LogP contribution in [0.3, 0.4) is 0 Å². The van der Waals surface area contributed by atoms with Crippen molar-refractivity contribution in [3.8, 4) is 12.1 Å². The molecule has 0 saturated heterocycles. The molecule has 0 bridgehead atoms. The average molecular weight is 1420 g/mol. The van der Waals surface area contributed by atoms with Crippen LogP contribution in [0.1, 0.15) is 98.1 Å². The van der Waals surface area contributed by atoms with Crippen molar-refractivity contribution in [2.24, 2.45) is 33.6 Å². The number of rotatable bonds is 36.